The summed E-state index contributed by atoms with van der Waals surface area (Å²) in [6.45, 7) is 6.57. The van der Waals surface area contributed by atoms with Crippen LogP contribution in [0.4, 0.5) is 0 Å². The lowest BCUT2D eigenvalue weighted by Gasteiger charge is -2.31. The number of benzene rings is 1. The van der Waals surface area contributed by atoms with Gasteiger partial charge in [-0.3, -0.25) is 14.5 Å². The summed E-state index contributed by atoms with van der Waals surface area (Å²) in [6.07, 6.45) is 4.34. The summed E-state index contributed by atoms with van der Waals surface area (Å²) in [5, 5.41) is 5.67. The van der Waals surface area contributed by atoms with Gasteiger partial charge in [-0.05, 0) is 44.9 Å². The van der Waals surface area contributed by atoms with Gasteiger partial charge in [-0.15, -0.1) is 0 Å². The molecule has 0 aliphatic carbocycles. The Labute approximate surface area is 171 Å². The minimum absolute atomic E-state index is 0.0565. The van der Waals surface area contributed by atoms with Crippen molar-refractivity contribution in [2.24, 2.45) is 5.92 Å². The quantitative estimate of drug-likeness (QED) is 0.714. The number of nitrogens with zero attached hydrogens (tertiary/aromatic N) is 2. The summed E-state index contributed by atoms with van der Waals surface area (Å²) >= 11 is 0. The van der Waals surface area contributed by atoms with Gasteiger partial charge in [-0.1, -0.05) is 25.1 Å². The van der Waals surface area contributed by atoms with Crippen LogP contribution in [-0.2, 0) is 16.1 Å². The highest BCUT2D eigenvalue weighted by Crippen LogP contribution is 2.22. The number of carbonyl (C=O) groups excluding carboxylic acids is 2. The molecule has 7 heteroatoms. The second kappa shape index (κ2) is 10.2. The minimum atomic E-state index is -0.520. The zero-order chi connectivity index (χ0) is 20.6. The van der Waals surface area contributed by atoms with Crippen LogP contribution in [0.25, 0.3) is 11.5 Å². The second-order valence-electron chi connectivity index (χ2n) is 7.61. The predicted octanol–water partition coefficient (Wildman–Crippen LogP) is 2.58. The van der Waals surface area contributed by atoms with E-state index >= 15 is 0 Å². The van der Waals surface area contributed by atoms with Crippen LogP contribution in [0.5, 0.6) is 0 Å². The number of hydrogen-bond acceptors (Lipinski definition) is 5. The monoisotopic (exact) mass is 398 g/mol. The van der Waals surface area contributed by atoms with E-state index in [-0.39, 0.29) is 17.7 Å². The SMILES string of the molecule is CCCNC(=O)[C@H](C)NC(=O)[C@@H]1CCCN(Cc2coc(-c3ccccc3)n2)C1. The van der Waals surface area contributed by atoms with Crippen LogP contribution >= 0.6 is 0 Å². The Kier molecular flexibility index (Phi) is 7.41. The Hall–Kier alpha value is -2.67. The van der Waals surface area contributed by atoms with E-state index < -0.39 is 6.04 Å². The topological polar surface area (TPSA) is 87.5 Å². The molecule has 1 aliphatic rings. The molecule has 2 aromatic rings. The van der Waals surface area contributed by atoms with Gasteiger partial charge in [0.2, 0.25) is 17.7 Å². The summed E-state index contributed by atoms with van der Waals surface area (Å²) in [5.74, 6) is 0.298. The van der Waals surface area contributed by atoms with Crippen LogP contribution in [0.15, 0.2) is 41.0 Å². The molecule has 156 valence electrons. The first-order valence-corrected chi connectivity index (χ1v) is 10.4. The average molecular weight is 399 g/mol. The first kappa shape index (κ1) is 21.0. The molecule has 2 atom stereocenters. The molecular weight excluding hydrogens is 368 g/mol. The van der Waals surface area contributed by atoms with Crippen molar-refractivity contribution in [3.63, 3.8) is 0 Å². The van der Waals surface area contributed by atoms with Crippen molar-refractivity contribution < 1.29 is 14.0 Å². The third kappa shape index (κ3) is 5.90. The maximum absolute atomic E-state index is 12.6. The first-order valence-electron chi connectivity index (χ1n) is 10.4. The number of amides is 2. The van der Waals surface area contributed by atoms with Crippen molar-refractivity contribution in [3.8, 4) is 11.5 Å². The molecule has 2 heterocycles. The molecule has 0 unspecified atom stereocenters. The van der Waals surface area contributed by atoms with Crippen molar-refractivity contribution in [3.05, 3.63) is 42.3 Å². The highest BCUT2D eigenvalue weighted by atomic mass is 16.3. The van der Waals surface area contributed by atoms with Gasteiger partial charge in [0, 0.05) is 25.2 Å². The lowest BCUT2D eigenvalue weighted by Crippen LogP contribution is -2.49. The number of rotatable bonds is 8. The molecule has 1 aliphatic heterocycles. The van der Waals surface area contributed by atoms with E-state index in [1.807, 2.05) is 37.3 Å². The zero-order valence-electron chi connectivity index (χ0n) is 17.2. The Morgan fingerprint density at radius 2 is 2.10 bits per heavy atom. The Morgan fingerprint density at radius 3 is 2.86 bits per heavy atom. The number of aromatic nitrogens is 1. The summed E-state index contributed by atoms with van der Waals surface area (Å²) in [4.78, 5) is 31.4. The maximum Gasteiger partial charge on any atom is 0.242 e. The van der Waals surface area contributed by atoms with Gasteiger partial charge in [0.1, 0.15) is 12.3 Å². The van der Waals surface area contributed by atoms with Crippen molar-refractivity contribution in [1.29, 1.82) is 0 Å². The average Bonchev–Trinajstić information content (AvgIpc) is 3.21. The molecule has 2 amide bonds. The van der Waals surface area contributed by atoms with Crippen molar-refractivity contribution in [1.82, 2.24) is 20.5 Å². The predicted molar refractivity (Wildman–Crippen MR) is 111 cm³/mol. The number of oxazole rings is 1. The summed E-state index contributed by atoms with van der Waals surface area (Å²) in [5.41, 5.74) is 1.81. The number of nitrogens with one attached hydrogen (secondary N) is 2. The fraction of sp³-hybridized carbons (Fsp3) is 0.500. The number of likely N-dealkylation sites (tertiary alicyclic amines) is 1. The lowest BCUT2D eigenvalue weighted by molar-refractivity contribution is -0.131. The van der Waals surface area contributed by atoms with E-state index in [0.29, 0.717) is 25.5 Å². The number of carbonyl (C=O) groups is 2. The van der Waals surface area contributed by atoms with Crippen molar-refractivity contribution in [2.45, 2.75) is 45.7 Å². The molecule has 1 aromatic carbocycles. The molecule has 0 spiro atoms. The van der Waals surface area contributed by atoms with E-state index in [9.17, 15) is 9.59 Å². The van der Waals surface area contributed by atoms with Crippen LogP contribution in [-0.4, -0.2) is 47.4 Å². The van der Waals surface area contributed by atoms with E-state index in [1.54, 1.807) is 13.2 Å². The Bertz CT molecular complexity index is 805. The van der Waals surface area contributed by atoms with Crippen LogP contribution in [0.1, 0.15) is 38.8 Å². The largest absolute Gasteiger partial charge is 0.444 e. The second-order valence-corrected chi connectivity index (χ2v) is 7.61. The molecule has 7 nitrogen and oxygen atoms in total. The Balaban J connectivity index is 1.52. The molecule has 1 saturated heterocycles. The van der Waals surface area contributed by atoms with Gasteiger partial charge >= 0.3 is 0 Å². The van der Waals surface area contributed by atoms with Crippen LogP contribution in [0.3, 0.4) is 0 Å². The molecule has 0 bridgehead atoms. The van der Waals surface area contributed by atoms with Crippen LogP contribution < -0.4 is 10.6 Å². The van der Waals surface area contributed by atoms with E-state index in [0.717, 1.165) is 37.1 Å². The highest BCUT2D eigenvalue weighted by Gasteiger charge is 2.28. The molecule has 29 heavy (non-hydrogen) atoms. The highest BCUT2D eigenvalue weighted by molar-refractivity contribution is 5.88. The molecule has 1 fully saturated rings. The van der Waals surface area contributed by atoms with Gasteiger partial charge < -0.3 is 15.1 Å². The molecule has 2 N–H and O–H groups in total. The minimum Gasteiger partial charge on any atom is -0.444 e. The summed E-state index contributed by atoms with van der Waals surface area (Å²) < 4.78 is 5.62. The molecule has 0 radical (unpaired) electrons. The van der Waals surface area contributed by atoms with Gasteiger partial charge in [0.05, 0.1) is 11.6 Å². The van der Waals surface area contributed by atoms with Crippen LogP contribution in [0.2, 0.25) is 0 Å². The van der Waals surface area contributed by atoms with Gasteiger partial charge in [0.25, 0.3) is 0 Å². The first-order chi connectivity index (χ1) is 14.1. The van der Waals surface area contributed by atoms with E-state index in [4.69, 9.17) is 4.42 Å². The van der Waals surface area contributed by atoms with Crippen molar-refractivity contribution >= 4 is 11.8 Å². The number of piperidine rings is 1. The smallest absolute Gasteiger partial charge is 0.242 e. The fourth-order valence-electron chi connectivity index (χ4n) is 3.53. The summed E-state index contributed by atoms with van der Waals surface area (Å²) in [6, 6.07) is 9.28. The normalized spacial score (nSPS) is 18.2. The standard InChI is InChI=1S/C22H30N4O3/c1-3-11-23-20(27)16(2)24-21(28)18-10-7-12-26(13-18)14-19-15-29-22(25-19)17-8-5-4-6-9-17/h4-6,8-9,15-16,18H,3,7,10-14H2,1-2H3,(H,23,27)(H,24,28)/t16-,18+/m0/s1. The lowest BCUT2D eigenvalue weighted by atomic mass is 9.96. The van der Waals surface area contributed by atoms with Gasteiger partial charge in [-0.25, -0.2) is 4.98 Å². The molecule has 3 rings (SSSR count). The molecule has 1 aromatic heterocycles. The van der Waals surface area contributed by atoms with E-state index in [1.165, 1.54) is 0 Å². The third-order valence-corrected chi connectivity index (χ3v) is 5.14. The fourth-order valence-corrected chi connectivity index (χ4v) is 3.53. The molecule has 0 saturated carbocycles. The molecular formula is C22H30N4O3. The van der Waals surface area contributed by atoms with E-state index in [2.05, 4.69) is 20.5 Å². The van der Waals surface area contributed by atoms with Gasteiger partial charge in [-0.2, -0.15) is 0 Å². The van der Waals surface area contributed by atoms with Gasteiger partial charge in [0.15, 0.2) is 0 Å². The van der Waals surface area contributed by atoms with Crippen LogP contribution in [0, 0.1) is 5.92 Å². The van der Waals surface area contributed by atoms with Crippen molar-refractivity contribution in [2.75, 3.05) is 19.6 Å². The number of hydrogen-bond donors (Lipinski definition) is 2. The Morgan fingerprint density at radius 1 is 1.31 bits per heavy atom. The maximum atomic E-state index is 12.6. The zero-order valence-corrected chi connectivity index (χ0v) is 17.2. The summed E-state index contributed by atoms with van der Waals surface area (Å²) in [7, 11) is 0. The third-order valence-electron chi connectivity index (χ3n) is 5.14.